The first-order valence-corrected chi connectivity index (χ1v) is 22.9. The van der Waals surface area contributed by atoms with Gasteiger partial charge >= 0.3 is 0 Å². The highest BCUT2D eigenvalue weighted by Crippen LogP contribution is 2.74. The molecule has 0 spiro atoms. The Kier molecular flexibility index (Phi) is 9.15. The summed E-state index contributed by atoms with van der Waals surface area (Å²) in [4.78, 5) is 18.6. The molecule has 4 aliphatic rings. The number of aromatic nitrogens is 8. The van der Waals surface area contributed by atoms with Gasteiger partial charge in [0.1, 0.15) is 23.3 Å². The lowest BCUT2D eigenvalue weighted by atomic mass is 9.32. The van der Waals surface area contributed by atoms with Crippen LogP contribution in [-0.4, -0.2) is 38.2 Å². The van der Waals surface area contributed by atoms with E-state index in [1.165, 1.54) is 45.0 Å². The third-order valence-corrected chi connectivity index (χ3v) is 15.2. The van der Waals surface area contributed by atoms with Crippen molar-refractivity contribution in [2.75, 3.05) is 0 Å². The molecule has 4 fully saturated rings. The summed E-state index contributed by atoms with van der Waals surface area (Å²) in [5.74, 6) is 4.35. The van der Waals surface area contributed by atoms with E-state index in [9.17, 15) is 0 Å². The summed E-state index contributed by atoms with van der Waals surface area (Å²) >= 11 is 0. The summed E-state index contributed by atoms with van der Waals surface area (Å²) in [6, 6.07) is 38.5. The highest BCUT2D eigenvalue weighted by atomic mass is 15.1. The van der Waals surface area contributed by atoms with Gasteiger partial charge in [-0.15, -0.1) is 0 Å². The van der Waals surface area contributed by atoms with Gasteiger partial charge in [-0.1, -0.05) is 76.2 Å². The van der Waals surface area contributed by atoms with E-state index in [2.05, 4.69) is 188 Å². The standard InChI is InChI=1S/C54H56N8/c1-5-47-55-25-29-59(47)43-17-9-39(10-18-43)51-33-52(40-11-19-44(20-12-40)60-30-26-56-48(60)6-2)36-53(34-51,41-13-21-45(22-14-41)61-31-27-57-49(61)7-3)38-54(35-51,37-52)42-15-23-46(24-16-42)62-32-28-58-50(62)8-4/h9-32H,5-8,33-38H2,1-4H3. The predicted molar refractivity (Wildman–Crippen MR) is 246 cm³/mol. The fourth-order valence-corrected chi connectivity index (χ4v) is 13.1. The lowest BCUT2D eigenvalue weighted by Crippen LogP contribution is -2.67. The molecule has 4 aliphatic carbocycles. The van der Waals surface area contributed by atoms with E-state index in [0.29, 0.717) is 0 Å². The Morgan fingerprint density at radius 1 is 0.323 bits per heavy atom. The summed E-state index contributed by atoms with van der Waals surface area (Å²) in [6.07, 6.45) is 26.4. The quantitative estimate of drug-likeness (QED) is 0.123. The van der Waals surface area contributed by atoms with Gasteiger partial charge in [0, 0.05) is 98.0 Å². The van der Waals surface area contributed by atoms with Crippen LogP contribution in [0.2, 0.25) is 0 Å². The van der Waals surface area contributed by atoms with Crippen LogP contribution >= 0.6 is 0 Å². The maximum absolute atomic E-state index is 4.66. The van der Waals surface area contributed by atoms with Crippen molar-refractivity contribution < 1.29 is 0 Å². The molecule has 0 saturated heterocycles. The Balaban J connectivity index is 1.09. The van der Waals surface area contributed by atoms with E-state index < -0.39 is 0 Å². The molecule has 12 rings (SSSR count). The number of rotatable bonds is 12. The average molecular weight is 817 g/mol. The molecule has 0 N–H and O–H groups in total. The Morgan fingerprint density at radius 2 is 0.516 bits per heavy atom. The number of nitrogens with zero attached hydrogens (tertiary/aromatic N) is 8. The van der Waals surface area contributed by atoms with Gasteiger partial charge in [-0.3, -0.25) is 0 Å². The summed E-state index contributed by atoms with van der Waals surface area (Å²) in [5.41, 5.74) is 10.4. The summed E-state index contributed by atoms with van der Waals surface area (Å²) in [5, 5.41) is 0. The van der Waals surface area contributed by atoms with E-state index in [4.69, 9.17) is 0 Å². The van der Waals surface area contributed by atoms with Crippen molar-refractivity contribution in [1.82, 2.24) is 38.2 Å². The third-order valence-electron chi connectivity index (χ3n) is 15.2. The first-order valence-electron chi connectivity index (χ1n) is 22.9. The molecule has 0 radical (unpaired) electrons. The largest absolute Gasteiger partial charge is 0.304 e. The van der Waals surface area contributed by atoms with Crippen molar-refractivity contribution >= 4 is 0 Å². The molecule has 0 amide bonds. The molecule has 0 aliphatic heterocycles. The van der Waals surface area contributed by atoms with Crippen molar-refractivity contribution in [3.63, 3.8) is 0 Å². The summed E-state index contributed by atoms with van der Waals surface area (Å²) in [7, 11) is 0. The molecule has 4 aromatic carbocycles. The van der Waals surface area contributed by atoms with Crippen LogP contribution < -0.4 is 0 Å². The van der Waals surface area contributed by atoms with Gasteiger partial charge in [0.25, 0.3) is 0 Å². The summed E-state index contributed by atoms with van der Waals surface area (Å²) < 4.78 is 8.99. The van der Waals surface area contributed by atoms with Gasteiger partial charge in [-0.2, -0.15) is 0 Å². The van der Waals surface area contributed by atoms with Crippen LogP contribution in [0.5, 0.6) is 0 Å². The normalized spacial score (nSPS) is 23.9. The van der Waals surface area contributed by atoms with E-state index >= 15 is 0 Å². The van der Waals surface area contributed by atoms with Crippen LogP contribution in [0, 0.1) is 0 Å². The fraction of sp³-hybridized carbons (Fsp3) is 0.333. The smallest absolute Gasteiger partial charge is 0.112 e. The lowest BCUT2D eigenvalue weighted by Gasteiger charge is -2.71. The molecule has 4 bridgehead atoms. The third kappa shape index (κ3) is 6.00. The van der Waals surface area contributed by atoms with Crippen LogP contribution in [0.15, 0.2) is 147 Å². The molecule has 8 heteroatoms. The van der Waals surface area contributed by atoms with Crippen molar-refractivity contribution in [3.8, 4) is 22.7 Å². The number of benzene rings is 4. The molecule has 4 saturated carbocycles. The molecule has 0 unspecified atom stereocenters. The Morgan fingerprint density at radius 3 is 0.694 bits per heavy atom. The van der Waals surface area contributed by atoms with Gasteiger partial charge < -0.3 is 18.3 Å². The van der Waals surface area contributed by atoms with Gasteiger partial charge in [0.05, 0.1) is 0 Å². The molecular weight excluding hydrogens is 761 g/mol. The second kappa shape index (κ2) is 14.7. The lowest BCUT2D eigenvalue weighted by molar-refractivity contribution is -0.0691. The van der Waals surface area contributed by atoms with Crippen molar-refractivity contribution in [2.24, 2.45) is 0 Å². The molecule has 62 heavy (non-hydrogen) atoms. The Bertz CT molecular complexity index is 2420. The molecule has 8 aromatic rings. The molecule has 4 heterocycles. The molecule has 4 aromatic heterocycles. The van der Waals surface area contributed by atoms with Crippen molar-refractivity contribution in [1.29, 1.82) is 0 Å². The minimum Gasteiger partial charge on any atom is -0.304 e. The molecular formula is C54H56N8. The first-order chi connectivity index (χ1) is 30.3. The number of hydrogen-bond acceptors (Lipinski definition) is 4. The Hall–Kier alpha value is -6.28. The maximum Gasteiger partial charge on any atom is 0.112 e. The topological polar surface area (TPSA) is 71.3 Å². The zero-order valence-corrected chi connectivity index (χ0v) is 36.5. The van der Waals surface area contributed by atoms with E-state index in [-0.39, 0.29) is 21.7 Å². The highest BCUT2D eigenvalue weighted by molar-refractivity contribution is 5.53. The van der Waals surface area contributed by atoms with Crippen LogP contribution in [0.25, 0.3) is 22.7 Å². The molecule has 8 nitrogen and oxygen atoms in total. The maximum atomic E-state index is 4.66. The van der Waals surface area contributed by atoms with E-state index in [1.807, 2.05) is 24.8 Å². The Labute approximate surface area is 365 Å². The summed E-state index contributed by atoms with van der Waals surface area (Å²) in [6.45, 7) is 8.73. The van der Waals surface area contributed by atoms with Gasteiger partial charge in [0.15, 0.2) is 0 Å². The SMILES string of the molecule is CCc1nccn1-c1ccc(C23CC4(c5ccc(-n6ccnc6CC)cc5)CC(c5ccc(-n6ccnc6CC)cc5)(C2)CC(c2ccc(-n5ccnc5CC)cc2)(C3)C4)cc1. The second-order valence-electron chi connectivity index (χ2n) is 18.6. The number of imidazole rings is 4. The van der Waals surface area contributed by atoms with Gasteiger partial charge in [-0.05, 0) is 131 Å². The van der Waals surface area contributed by atoms with Crippen LogP contribution in [0.1, 0.15) is 112 Å². The minimum absolute atomic E-state index is 0.0506. The van der Waals surface area contributed by atoms with E-state index in [1.54, 1.807) is 0 Å². The van der Waals surface area contributed by atoms with Crippen LogP contribution in [-0.2, 0) is 47.3 Å². The van der Waals surface area contributed by atoms with Crippen molar-refractivity contribution in [3.05, 3.63) is 192 Å². The molecule has 312 valence electrons. The van der Waals surface area contributed by atoms with Gasteiger partial charge in [0.2, 0.25) is 0 Å². The number of aryl methyl sites for hydroxylation is 4. The van der Waals surface area contributed by atoms with Crippen molar-refractivity contribution in [2.45, 2.75) is 114 Å². The molecule has 0 atom stereocenters. The monoisotopic (exact) mass is 816 g/mol. The fourth-order valence-electron chi connectivity index (χ4n) is 13.1. The van der Waals surface area contributed by atoms with Crippen LogP contribution in [0.3, 0.4) is 0 Å². The highest BCUT2D eigenvalue weighted by Gasteiger charge is 2.69. The second-order valence-corrected chi connectivity index (χ2v) is 18.6. The van der Waals surface area contributed by atoms with E-state index in [0.717, 1.165) is 87.5 Å². The number of hydrogen-bond donors (Lipinski definition) is 0. The predicted octanol–water partition coefficient (Wildman–Crippen LogP) is 11.1. The van der Waals surface area contributed by atoms with Gasteiger partial charge in [-0.25, -0.2) is 19.9 Å². The first kappa shape index (κ1) is 38.6. The average Bonchev–Trinajstić information content (AvgIpc) is 4.16. The zero-order chi connectivity index (χ0) is 42.1. The minimum atomic E-state index is -0.0506. The zero-order valence-electron chi connectivity index (χ0n) is 36.5. The van der Waals surface area contributed by atoms with Crippen LogP contribution in [0.4, 0.5) is 0 Å².